The number of nitrogens with one attached hydrogen (secondary N) is 2. The molecule has 0 spiro atoms. The van der Waals surface area contributed by atoms with Crippen molar-refractivity contribution >= 4 is 29.1 Å². The highest BCUT2D eigenvalue weighted by Crippen LogP contribution is 2.34. The summed E-state index contributed by atoms with van der Waals surface area (Å²) in [5, 5.41) is 11.4. The molecule has 172 valence electrons. The van der Waals surface area contributed by atoms with Gasteiger partial charge in [-0.05, 0) is 19.1 Å². The quantitative estimate of drug-likeness (QED) is 0.457. The molecule has 2 N–H and O–H groups in total. The molecule has 32 heavy (non-hydrogen) atoms. The second kappa shape index (κ2) is 9.85. The van der Waals surface area contributed by atoms with Crippen molar-refractivity contribution in [3.63, 3.8) is 0 Å². The van der Waals surface area contributed by atoms with Crippen LogP contribution in [0.1, 0.15) is 47.4 Å². The van der Waals surface area contributed by atoms with E-state index in [9.17, 15) is 27.2 Å². The normalized spacial score (nSPS) is 11.4. The monoisotopic (exact) mass is 476 g/mol. The third-order valence-corrected chi connectivity index (χ3v) is 4.63. The SMILES string of the molecule is CCn1cc(NC(=O)Cn2nc(C(F)F)c(Cl)c2C(F)F)c(C(=O)NCc2ccco2)n1. The summed E-state index contributed by atoms with van der Waals surface area (Å²) >= 11 is 5.58. The molecule has 0 radical (unpaired) electrons. The van der Waals surface area contributed by atoms with Gasteiger partial charge in [-0.15, -0.1) is 0 Å². The minimum Gasteiger partial charge on any atom is -0.467 e. The zero-order valence-electron chi connectivity index (χ0n) is 16.5. The van der Waals surface area contributed by atoms with Crippen molar-refractivity contribution in [2.75, 3.05) is 5.32 Å². The number of alkyl halides is 4. The first-order valence-corrected chi connectivity index (χ1v) is 9.59. The fraction of sp³-hybridized carbons (Fsp3) is 0.333. The summed E-state index contributed by atoms with van der Waals surface area (Å²) in [5.41, 5.74) is -2.18. The molecule has 0 aromatic carbocycles. The van der Waals surface area contributed by atoms with Gasteiger partial charge in [-0.25, -0.2) is 17.6 Å². The van der Waals surface area contributed by atoms with Gasteiger partial charge in [-0.3, -0.25) is 19.0 Å². The summed E-state index contributed by atoms with van der Waals surface area (Å²) in [6.07, 6.45) is -3.63. The first-order chi connectivity index (χ1) is 15.2. The maximum atomic E-state index is 13.3. The van der Waals surface area contributed by atoms with Crippen LogP contribution in [-0.2, 0) is 24.4 Å². The van der Waals surface area contributed by atoms with E-state index in [1.54, 1.807) is 19.1 Å². The molecule has 9 nitrogen and oxygen atoms in total. The topological polar surface area (TPSA) is 107 Å². The molecule has 0 atom stereocenters. The molecule has 0 aliphatic heterocycles. The Balaban J connectivity index is 1.77. The zero-order chi connectivity index (χ0) is 23.4. The fourth-order valence-corrected chi connectivity index (χ4v) is 3.07. The lowest BCUT2D eigenvalue weighted by Gasteiger charge is -2.08. The Morgan fingerprint density at radius 1 is 1.22 bits per heavy atom. The third kappa shape index (κ3) is 5.10. The molecular weight excluding hydrogens is 460 g/mol. The number of halogens is 5. The van der Waals surface area contributed by atoms with Gasteiger partial charge in [-0.2, -0.15) is 10.2 Å². The minimum absolute atomic E-state index is 0.000252. The molecule has 3 aromatic rings. The number of hydrogen-bond acceptors (Lipinski definition) is 5. The van der Waals surface area contributed by atoms with Crippen LogP contribution in [0.2, 0.25) is 5.02 Å². The van der Waals surface area contributed by atoms with E-state index in [-0.39, 0.29) is 17.9 Å². The minimum atomic E-state index is -3.24. The number of nitrogens with zero attached hydrogens (tertiary/aromatic N) is 4. The molecule has 2 amide bonds. The molecule has 0 saturated carbocycles. The van der Waals surface area contributed by atoms with Gasteiger partial charge in [-0.1, -0.05) is 11.6 Å². The van der Waals surface area contributed by atoms with Crippen LogP contribution in [0, 0.1) is 0 Å². The van der Waals surface area contributed by atoms with Crippen molar-refractivity contribution < 1.29 is 31.6 Å². The fourth-order valence-electron chi connectivity index (χ4n) is 2.77. The Labute approximate surface area is 183 Å². The van der Waals surface area contributed by atoms with Gasteiger partial charge in [0.05, 0.1) is 23.5 Å². The molecule has 3 rings (SSSR count). The lowest BCUT2D eigenvalue weighted by atomic mass is 10.3. The van der Waals surface area contributed by atoms with Gasteiger partial charge < -0.3 is 15.1 Å². The van der Waals surface area contributed by atoms with Crippen molar-refractivity contribution in [3.05, 3.63) is 52.5 Å². The standard InChI is InChI=1S/C18H17ClF4N6O3/c1-2-28-7-10(13(26-28)18(31)24-6-9-4-3-5-32-9)25-11(30)8-29-15(17(22)23)12(19)14(27-29)16(20)21/h3-5,7,16-17H,2,6,8H2,1H3,(H,24,31)(H,25,30). The first-order valence-electron chi connectivity index (χ1n) is 9.21. The number of anilines is 1. The molecule has 3 heterocycles. The lowest BCUT2D eigenvalue weighted by Crippen LogP contribution is -2.26. The predicted octanol–water partition coefficient (Wildman–Crippen LogP) is 3.79. The van der Waals surface area contributed by atoms with Crippen molar-refractivity contribution in [1.82, 2.24) is 24.9 Å². The second-order valence-electron chi connectivity index (χ2n) is 6.40. The van der Waals surface area contributed by atoms with E-state index in [4.69, 9.17) is 16.0 Å². The molecule has 14 heteroatoms. The van der Waals surface area contributed by atoms with Crippen LogP contribution in [0.5, 0.6) is 0 Å². The van der Waals surface area contributed by atoms with Gasteiger partial charge in [0.25, 0.3) is 18.8 Å². The Bertz CT molecular complexity index is 1100. The van der Waals surface area contributed by atoms with E-state index in [1.807, 2.05) is 0 Å². The average Bonchev–Trinajstić information content (AvgIpc) is 3.45. The van der Waals surface area contributed by atoms with Crippen LogP contribution in [0.4, 0.5) is 23.2 Å². The number of aromatic nitrogens is 4. The molecule has 0 saturated heterocycles. The van der Waals surface area contributed by atoms with Crippen LogP contribution >= 0.6 is 11.6 Å². The van der Waals surface area contributed by atoms with E-state index in [2.05, 4.69) is 20.8 Å². The number of hydrogen-bond donors (Lipinski definition) is 2. The molecule has 0 fully saturated rings. The van der Waals surface area contributed by atoms with E-state index >= 15 is 0 Å². The molecule has 3 aromatic heterocycles. The van der Waals surface area contributed by atoms with Gasteiger partial charge in [0, 0.05) is 12.7 Å². The Morgan fingerprint density at radius 3 is 2.56 bits per heavy atom. The maximum Gasteiger partial charge on any atom is 0.283 e. The van der Waals surface area contributed by atoms with Gasteiger partial charge >= 0.3 is 0 Å². The number of rotatable bonds is 9. The average molecular weight is 477 g/mol. The number of amides is 2. The predicted molar refractivity (Wildman–Crippen MR) is 104 cm³/mol. The first kappa shape index (κ1) is 23.3. The molecule has 0 unspecified atom stereocenters. The van der Waals surface area contributed by atoms with Crippen LogP contribution in [0.15, 0.2) is 29.0 Å². The number of aryl methyl sites for hydroxylation is 1. The zero-order valence-corrected chi connectivity index (χ0v) is 17.2. The Hall–Kier alpha value is -3.35. The maximum absolute atomic E-state index is 13.3. The summed E-state index contributed by atoms with van der Waals surface area (Å²) in [6, 6.07) is 3.30. The number of carbonyl (C=O) groups excluding carboxylic acids is 2. The van der Waals surface area contributed by atoms with Crippen molar-refractivity contribution in [2.24, 2.45) is 0 Å². The van der Waals surface area contributed by atoms with E-state index in [0.717, 1.165) is 0 Å². The summed E-state index contributed by atoms with van der Waals surface area (Å²) in [5.74, 6) is -1.04. The Kier molecular flexibility index (Phi) is 7.18. The summed E-state index contributed by atoms with van der Waals surface area (Å²) < 4.78 is 59.4. The Morgan fingerprint density at radius 2 is 1.97 bits per heavy atom. The smallest absolute Gasteiger partial charge is 0.283 e. The van der Waals surface area contributed by atoms with E-state index in [1.165, 1.54) is 17.1 Å². The largest absolute Gasteiger partial charge is 0.467 e. The highest BCUT2D eigenvalue weighted by atomic mass is 35.5. The highest BCUT2D eigenvalue weighted by molar-refractivity contribution is 6.32. The third-order valence-electron chi connectivity index (χ3n) is 4.24. The van der Waals surface area contributed by atoms with Crippen LogP contribution in [0.3, 0.4) is 0 Å². The number of carbonyl (C=O) groups is 2. The molecular formula is C18H17ClF4N6O3. The summed E-state index contributed by atoms with van der Waals surface area (Å²) in [7, 11) is 0. The number of furan rings is 1. The summed E-state index contributed by atoms with van der Waals surface area (Å²) in [4.78, 5) is 24.9. The highest BCUT2D eigenvalue weighted by Gasteiger charge is 2.29. The van der Waals surface area contributed by atoms with Gasteiger partial charge in [0.15, 0.2) is 5.69 Å². The van der Waals surface area contributed by atoms with Crippen LogP contribution in [-0.4, -0.2) is 31.4 Å². The van der Waals surface area contributed by atoms with Crippen molar-refractivity contribution in [3.8, 4) is 0 Å². The van der Waals surface area contributed by atoms with E-state index in [0.29, 0.717) is 17.0 Å². The van der Waals surface area contributed by atoms with Crippen molar-refractivity contribution in [1.29, 1.82) is 0 Å². The van der Waals surface area contributed by atoms with Gasteiger partial charge in [0.1, 0.15) is 23.7 Å². The van der Waals surface area contributed by atoms with Crippen LogP contribution < -0.4 is 10.6 Å². The molecule has 0 bridgehead atoms. The van der Waals surface area contributed by atoms with Crippen LogP contribution in [0.25, 0.3) is 0 Å². The molecule has 0 aliphatic carbocycles. The lowest BCUT2D eigenvalue weighted by molar-refractivity contribution is -0.117. The summed E-state index contributed by atoms with van der Waals surface area (Å²) in [6.45, 7) is 1.35. The van der Waals surface area contributed by atoms with Gasteiger partial charge in [0.2, 0.25) is 5.91 Å². The second-order valence-corrected chi connectivity index (χ2v) is 6.78. The molecule has 0 aliphatic rings. The van der Waals surface area contributed by atoms with E-state index < -0.39 is 47.6 Å². The van der Waals surface area contributed by atoms with Crippen molar-refractivity contribution in [2.45, 2.75) is 39.4 Å².